The summed E-state index contributed by atoms with van der Waals surface area (Å²) in [6.07, 6.45) is 9.88. The predicted molar refractivity (Wildman–Crippen MR) is 71.2 cm³/mol. The molecule has 15 heavy (non-hydrogen) atoms. The van der Waals surface area contributed by atoms with Crippen molar-refractivity contribution in [2.24, 2.45) is 17.8 Å². The van der Waals surface area contributed by atoms with Crippen molar-refractivity contribution in [2.75, 3.05) is 0 Å². The summed E-state index contributed by atoms with van der Waals surface area (Å²) < 4.78 is 0. The largest absolute Gasteiger partial charge is 0.0654 e. The van der Waals surface area contributed by atoms with Gasteiger partial charge in [-0.2, -0.15) is 0 Å². The summed E-state index contributed by atoms with van der Waals surface area (Å²) in [4.78, 5) is 0. The SMILES string of the molecule is CCCC(C)CCCCC(C)C(C)CC. The third-order valence-corrected chi connectivity index (χ3v) is 4.00. The van der Waals surface area contributed by atoms with E-state index in [1.807, 2.05) is 0 Å². The standard InChI is InChI=1S/C15H32/c1-6-10-13(3)11-8-9-12-15(5)14(4)7-2/h13-15H,6-12H2,1-5H3. The first-order valence-corrected chi connectivity index (χ1v) is 7.11. The monoisotopic (exact) mass is 212 g/mol. The molecule has 0 aromatic rings. The molecule has 0 fully saturated rings. The third-order valence-electron chi connectivity index (χ3n) is 4.00. The first-order chi connectivity index (χ1) is 7.11. The lowest BCUT2D eigenvalue weighted by Gasteiger charge is -2.18. The van der Waals surface area contributed by atoms with Crippen molar-refractivity contribution in [1.82, 2.24) is 0 Å². The first-order valence-electron chi connectivity index (χ1n) is 7.11. The van der Waals surface area contributed by atoms with Gasteiger partial charge < -0.3 is 0 Å². The molecule has 0 spiro atoms. The van der Waals surface area contributed by atoms with E-state index in [1.54, 1.807) is 0 Å². The summed E-state index contributed by atoms with van der Waals surface area (Å²) in [7, 11) is 0. The van der Waals surface area contributed by atoms with Crippen LogP contribution in [0.15, 0.2) is 0 Å². The van der Waals surface area contributed by atoms with Crippen molar-refractivity contribution in [3.8, 4) is 0 Å². The van der Waals surface area contributed by atoms with E-state index in [9.17, 15) is 0 Å². The zero-order valence-corrected chi connectivity index (χ0v) is 11.7. The van der Waals surface area contributed by atoms with Gasteiger partial charge in [-0.15, -0.1) is 0 Å². The molecule has 0 saturated carbocycles. The van der Waals surface area contributed by atoms with E-state index in [4.69, 9.17) is 0 Å². The highest BCUT2D eigenvalue weighted by molar-refractivity contribution is 4.61. The second kappa shape index (κ2) is 9.24. The van der Waals surface area contributed by atoms with E-state index >= 15 is 0 Å². The van der Waals surface area contributed by atoms with Crippen LogP contribution < -0.4 is 0 Å². The van der Waals surface area contributed by atoms with Crippen LogP contribution >= 0.6 is 0 Å². The van der Waals surface area contributed by atoms with E-state index < -0.39 is 0 Å². The van der Waals surface area contributed by atoms with Crippen LogP contribution in [0.2, 0.25) is 0 Å². The van der Waals surface area contributed by atoms with E-state index in [0.29, 0.717) is 0 Å². The molecule has 3 atom stereocenters. The molecule has 0 radical (unpaired) electrons. The highest BCUT2D eigenvalue weighted by atomic mass is 14.2. The molecule has 0 saturated heterocycles. The van der Waals surface area contributed by atoms with Gasteiger partial charge in [-0.1, -0.05) is 79.6 Å². The zero-order chi connectivity index (χ0) is 11.7. The van der Waals surface area contributed by atoms with E-state index in [0.717, 1.165) is 17.8 Å². The normalized spacial score (nSPS) is 17.4. The highest BCUT2D eigenvalue weighted by Gasteiger charge is 2.09. The van der Waals surface area contributed by atoms with Gasteiger partial charge >= 0.3 is 0 Å². The highest BCUT2D eigenvalue weighted by Crippen LogP contribution is 2.22. The summed E-state index contributed by atoms with van der Waals surface area (Å²) in [5, 5.41) is 0. The van der Waals surface area contributed by atoms with Crippen molar-refractivity contribution < 1.29 is 0 Å². The fourth-order valence-corrected chi connectivity index (χ4v) is 2.28. The van der Waals surface area contributed by atoms with Crippen LogP contribution in [-0.4, -0.2) is 0 Å². The van der Waals surface area contributed by atoms with Gasteiger partial charge in [0.15, 0.2) is 0 Å². The lowest BCUT2D eigenvalue weighted by atomic mass is 9.88. The van der Waals surface area contributed by atoms with Crippen LogP contribution in [0.5, 0.6) is 0 Å². The minimum atomic E-state index is 0.915. The Morgan fingerprint density at radius 2 is 1.33 bits per heavy atom. The number of rotatable bonds is 9. The lowest BCUT2D eigenvalue weighted by molar-refractivity contribution is 0.336. The molecule has 3 unspecified atom stereocenters. The minimum Gasteiger partial charge on any atom is -0.0654 e. The van der Waals surface area contributed by atoms with Gasteiger partial charge in [0.25, 0.3) is 0 Å². The van der Waals surface area contributed by atoms with E-state index in [-0.39, 0.29) is 0 Å². The molecule has 0 aliphatic heterocycles. The van der Waals surface area contributed by atoms with Gasteiger partial charge in [-0.05, 0) is 17.8 Å². The quantitative estimate of drug-likeness (QED) is 0.432. The molecule has 0 aromatic carbocycles. The Labute approximate surface area is 97.8 Å². The Morgan fingerprint density at radius 1 is 0.733 bits per heavy atom. The molecule has 0 nitrogen and oxygen atoms in total. The van der Waals surface area contributed by atoms with Gasteiger partial charge in [-0.3, -0.25) is 0 Å². The topological polar surface area (TPSA) is 0 Å². The lowest BCUT2D eigenvalue weighted by Crippen LogP contribution is -2.06. The van der Waals surface area contributed by atoms with Crippen LogP contribution in [0.4, 0.5) is 0 Å². The number of hydrogen-bond donors (Lipinski definition) is 0. The summed E-state index contributed by atoms with van der Waals surface area (Å²) >= 11 is 0. The van der Waals surface area contributed by atoms with E-state index in [1.165, 1.54) is 44.9 Å². The molecule has 0 heterocycles. The summed E-state index contributed by atoms with van der Waals surface area (Å²) in [6, 6.07) is 0. The Balaban J connectivity index is 3.37. The Hall–Kier alpha value is 0. The molecule has 0 aromatic heterocycles. The van der Waals surface area contributed by atoms with Gasteiger partial charge in [0.2, 0.25) is 0 Å². The van der Waals surface area contributed by atoms with Crippen molar-refractivity contribution in [2.45, 2.75) is 79.6 Å². The Morgan fingerprint density at radius 3 is 1.87 bits per heavy atom. The van der Waals surface area contributed by atoms with Crippen molar-refractivity contribution >= 4 is 0 Å². The first kappa shape index (κ1) is 15.0. The summed E-state index contributed by atoms with van der Waals surface area (Å²) in [6.45, 7) is 11.8. The molecule has 0 N–H and O–H groups in total. The molecular weight excluding hydrogens is 180 g/mol. The fourth-order valence-electron chi connectivity index (χ4n) is 2.28. The molecular formula is C15H32. The van der Waals surface area contributed by atoms with Crippen LogP contribution in [-0.2, 0) is 0 Å². The van der Waals surface area contributed by atoms with Crippen molar-refractivity contribution in [3.05, 3.63) is 0 Å². The van der Waals surface area contributed by atoms with Gasteiger partial charge in [0.05, 0.1) is 0 Å². The van der Waals surface area contributed by atoms with Crippen LogP contribution in [0, 0.1) is 17.8 Å². The molecule has 0 rings (SSSR count). The third kappa shape index (κ3) is 7.88. The second-order valence-electron chi connectivity index (χ2n) is 5.54. The van der Waals surface area contributed by atoms with Gasteiger partial charge in [0, 0.05) is 0 Å². The maximum Gasteiger partial charge on any atom is -0.0417 e. The summed E-state index contributed by atoms with van der Waals surface area (Å²) in [5.41, 5.74) is 0. The molecule has 92 valence electrons. The maximum atomic E-state index is 2.42. The smallest absolute Gasteiger partial charge is 0.0417 e. The second-order valence-corrected chi connectivity index (χ2v) is 5.54. The zero-order valence-electron chi connectivity index (χ0n) is 11.7. The van der Waals surface area contributed by atoms with Crippen molar-refractivity contribution in [1.29, 1.82) is 0 Å². The number of unbranched alkanes of at least 4 members (excludes halogenated alkanes) is 1. The Kier molecular flexibility index (Phi) is 9.24. The van der Waals surface area contributed by atoms with Crippen LogP contribution in [0.1, 0.15) is 79.6 Å². The predicted octanol–water partition coefficient (Wildman–Crippen LogP) is 5.67. The Bertz CT molecular complexity index is 128. The molecule has 0 amide bonds. The molecule has 0 bridgehead atoms. The summed E-state index contributed by atoms with van der Waals surface area (Å²) in [5.74, 6) is 2.79. The van der Waals surface area contributed by atoms with Crippen molar-refractivity contribution in [3.63, 3.8) is 0 Å². The minimum absolute atomic E-state index is 0.915. The van der Waals surface area contributed by atoms with Gasteiger partial charge in [-0.25, -0.2) is 0 Å². The molecule has 0 heteroatoms. The fraction of sp³-hybridized carbons (Fsp3) is 1.00. The average molecular weight is 212 g/mol. The van der Waals surface area contributed by atoms with E-state index in [2.05, 4.69) is 34.6 Å². The molecule has 0 aliphatic carbocycles. The number of hydrogen-bond acceptors (Lipinski definition) is 0. The molecule has 0 aliphatic rings. The maximum absolute atomic E-state index is 2.42. The van der Waals surface area contributed by atoms with Crippen LogP contribution in [0.25, 0.3) is 0 Å². The average Bonchev–Trinajstić information content (AvgIpc) is 2.23. The van der Waals surface area contributed by atoms with Crippen LogP contribution in [0.3, 0.4) is 0 Å². The van der Waals surface area contributed by atoms with Gasteiger partial charge in [0.1, 0.15) is 0 Å².